The lowest BCUT2D eigenvalue weighted by molar-refractivity contribution is 0.116. The van der Waals surface area contributed by atoms with Crippen LogP contribution in [0.1, 0.15) is 13.3 Å². The summed E-state index contributed by atoms with van der Waals surface area (Å²) in [4.78, 5) is 9.05. The zero-order chi connectivity index (χ0) is 14.8. The number of ether oxygens (including phenoxy) is 1. The van der Waals surface area contributed by atoms with E-state index in [0.29, 0.717) is 6.04 Å². The molecule has 0 aromatic heterocycles. The highest BCUT2D eigenvalue weighted by Crippen LogP contribution is 2.04. The summed E-state index contributed by atoms with van der Waals surface area (Å²) < 4.78 is 5.32. The van der Waals surface area contributed by atoms with Crippen molar-refractivity contribution in [3.05, 3.63) is 0 Å². The molecule has 1 aliphatic rings. The number of guanidine groups is 1. The average Bonchev–Trinajstić information content (AvgIpc) is 2.45. The number of aliphatic imine (C=N–C) groups is 1. The third-order valence-corrected chi connectivity index (χ3v) is 3.67. The van der Waals surface area contributed by atoms with Crippen LogP contribution >= 0.6 is 24.0 Å². The molecule has 0 spiro atoms. The van der Waals surface area contributed by atoms with Crippen molar-refractivity contribution in [3.8, 4) is 0 Å². The molecule has 0 aliphatic carbocycles. The predicted octanol–water partition coefficient (Wildman–Crippen LogP) is 0.442. The zero-order valence-electron chi connectivity index (χ0n) is 13.9. The Bertz CT molecular complexity index is 291. The Balaban J connectivity index is 0.00000400. The van der Waals surface area contributed by atoms with Crippen LogP contribution in [0.4, 0.5) is 0 Å². The Labute approximate surface area is 146 Å². The van der Waals surface area contributed by atoms with E-state index in [-0.39, 0.29) is 24.0 Å². The molecule has 7 heteroatoms. The maximum Gasteiger partial charge on any atom is 0.191 e. The highest BCUT2D eigenvalue weighted by Gasteiger charge is 2.21. The van der Waals surface area contributed by atoms with E-state index in [1.54, 1.807) is 0 Å². The summed E-state index contributed by atoms with van der Waals surface area (Å²) in [7, 11) is 6.19. The van der Waals surface area contributed by atoms with Crippen molar-refractivity contribution in [2.45, 2.75) is 19.4 Å². The summed E-state index contributed by atoms with van der Waals surface area (Å²) in [6.07, 6.45) is 1.00. The summed E-state index contributed by atoms with van der Waals surface area (Å²) in [6.45, 7) is 8.80. The first-order valence-electron chi connectivity index (χ1n) is 7.58. The van der Waals surface area contributed by atoms with Crippen molar-refractivity contribution in [2.75, 3.05) is 67.1 Å². The number of rotatable bonds is 7. The molecule has 1 unspecified atom stereocenters. The second-order valence-corrected chi connectivity index (χ2v) is 5.33. The molecule has 0 amide bonds. The fourth-order valence-corrected chi connectivity index (χ4v) is 2.28. The highest BCUT2D eigenvalue weighted by atomic mass is 127. The molecule has 6 nitrogen and oxygen atoms in total. The van der Waals surface area contributed by atoms with E-state index < -0.39 is 0 Å². The van der Waals surface area contributed by atoms with Gasteiger partial charge in [0, 0.05) is 59.0 Å². The van der Waals surface area contributed by atoms with Gasteiger partial charge in [-0.2, -0.15) is 0 Å². The molecule has 126 valence electrons. The maximum absolute atomic E-state index is 5.32. The van der Waals surface area contributed by atoms with Crippen LogP contribution in [0.2, 0.25) is 0 Å². The number of hydrogen-bond acceptors (Lipinski definition) is 4. The number of nitrogens with zero attached hydrogens (tertiary/aromatic N) is 3. The first kappa shape index (κ1) is 20.9. The van der Waals surface area contributed by atoms with Crippen LogP contribution in [-0.4, -0.2) is 88.9 Å². The molecular weight excluding hydrogens is 381 g/mol. The van der Waals surface area contributed by atoms with Crippen LogP contribution in [0.3, 0.4) is 0 Å². The van der Waals surface area contributed by atoms with Gasteiger partial charge in [0.15, 0.2) is 5.96 Å². The summed E-state index contributed by atoms with van der Waals surface area (Å²) in [5.74, 6) is 0.878. The van der Waals surface area contributed by atoms with E-state index in [9.17, 15) is 0 Å². The van der Waals surface area contributed by atoms with Crippen molar-refractivity contribution in [2.24, 2.45) is 4.99 Å². The van der Waals surface area contributed by atoms with E-state index in [2.05, 4.69) is 39.5 Å². The summed E-state index contributed by atoms with van der Waals surface area (Å²) >= 11 is 0. The lowest BCUT2D eigenvalue weighted by atomic mass is 10.2. The van der Waals surface area contributed by atoms with E-state index in [4.69, 9.17) is 4.74 Å². The third-order valence-electron chi connectivity index (χ3n) is 3.67. The minimum Gasteiger partial charge on any atom is -0.382 e. The smallest absolute Gasteiger partial charge is 0.191 e. The van der Waals surface area contributed by atoms with Crippen molar-refractivity contribution in [1.82, 2.24) is 20.4 Å². The summed E-state index contributed by atoms with van der Waals surface area (Å²) in [5.41, 5.74) is 0. The largest absolute Gasteiger partial charge is 0.382 e. The molecule has 21 heavy (non-hydrogen) atoms. The van der Waals surface area contributed by atoms with E-state index in [0.717, 1.165) is 58.3 Å². The van der Waals surface area contributed by atoms with Crippen molar-refractivity contribution in [3.63, 3.8) is 0 Å². The predicted molar refractivity (Wildman–Crippen MR) is 99.8 cm³/mol. The van der Waals surface area contributed by atoms with Gasteiger partial charge in [0.2, 0.25) is 0 Å². The second-order valence-electron chi connectivity index (χ2n) is 5.33. The van der Waals surface area contributed by atoms with Gasteiger partial charge in [0.05, 0.1) is 0 Å². The molecule has 0 radical (unpaired) electrons. The van der Waals surface area contributed by atoms with Crippen molar-refractivity contribution < 1.29 is 4.74 Å². The minimum absolute atomic E-state index is 0. The van der Waals surface area contributed by atoms with Gasteiger partial charge in [-0.15, -0.1) is 24.0 Å². The number of piperazine rings is 1. The molecule has 0 aromatic carbocycles. The fraction of sp³-hybridized carbons (Fsp3) is 0.929. The van der Waals surface area contributed by atoms with Gasteiger partial charge in [-0.05, 0) is 27.4 Å². The van der Waals surface area contributed by atoms with Gasteiger partial charge in [0.1, 0.15) is 0 Å². The van der Waals surface area contributed by atoms with Crippen molar-refractivity contribution >= 4 is 29.9 Å². The van der Waals surface area contributed by atoms with Gasteiger partial charge < -0.3 is 20.3 Å². The molecule has 1 fully saturated rings. The summed E-state index contributed by atoms with van der Waals surface area (Å²) in [6, 6.07) is 0.538. The Hall–Kier alpha value is -0.120. The number of nitrogens with one attached hydrogen (secondary N) is 2. The lowest BCUT2D eigenvalue weighted by Gasteiger charge is -2.37. The SMILES string of the molecule is CCOCCCNC(=NC)NCC1CN(C)CCN1C.I. The summed E-state index contributed by atoms with van der Waals surface area (Å²) in [5, 5.41) is 6.73. The molecular formula is C14H32IN5O. The van der Waals surface area contributed by atoms with Gasteiger partial charge in [0.25, 0.3) is 0 Å². The molecule has 1 saturated heterocycles. The lowest BCUT2D eigenvalue weighted by Crippen LogP contribution is -2.55. The van der Waals surface area contributed by atoms with Gasteiger partial charge in [-0.3, -0.25) is 9.89 Å². The molecule has 0 bridgehead atoms. The molecule has 0 saturated carbocycles. The number of hydrogen-bond donors (Lipinski definition) is 2. The van der Waals surface area contributed by atoms with Crippen LogP contribution in [-0.2, 0) is 4.74 Å². The maximum atomic E-state index is 5.32. The second kappa shape index (κ2) is 12.4. The molecule has 1 heterocycles. The van der Waals surface area contributed by atoms with Gasteiger partial charge in [-0.25, -0.2) is 0 Å². The topological polar surface area (TPSA) is 52.1 Å². The molecule has 1 aliphatic heterocycles. The van der Waals surface area contributed by atoms with E-state index in [1.807, 2.05) is 14.0 Å². The minimum atomic E-state index is 0. The number of likely N-dealkylation sites (N-methyl/N-ethyl adjacent to an activating group) is 2. The van der Waals surface area contributed by atoms with Gasteiger partial charge in [-0.1, -0.05) is 0 Å². The Kier molecular flexibility index (Phi) is 12.4. The third kappa shape index (κ3) is 8.80. The Morgan fingerprint density at radius 2 is 2.05 bits per heavy atom. The normalized spacial score (nSPS) is 21.0. The van der Waals surface area contributed by atoms with Gasteiger partial charge >= 0.3 is 0 Å². The standard InChI is InChI=1S/C14H31N5O.HI/c1-5-20-10-6-7-16-14(15-2)17-11-13-12-18(3)8-9-19(13)4;/h13H,5-12H2,1-4H3,(H2,15,16,17);1H. The molecule has 0 aromatic rings. The Morgan fingerprint density at radius 3 is 2.71 bits per heavy atom. The van der Waals surface area contributed by atoms with Crippen molar-refractivity contribution in [1.29, 1.82) is 0 Å². The first-order valence-corrected chi connectivity index (χ1v) is 7.58. The van der Waals surface area contributed by atoms with Crippen LogP contribution in [0, 0.1) is 0 Å². The van der Waals surface area contributed by atoms with E-state index in [1.165, 1.54) is 0 Å². The Morgan fingerprint density at radius 1 is 1.29 bits per heavy atom. The average molecular weight is 413 g/mol. The quantitative estimate of drug-likeness (QED) is 0.275. The zero-order valence-corrected chi connectivity index (χ0v) is 16.2. The highest BCUT2D eigenvalue weighted by molar-refractivity contribution is 14.0. The first-order chi connectivity index (χ1) is 9.67. The molecule has 1 rings (SSSR count). The van der Waals surface area contributed by atoms with Crippen LogP contribution in [0.5, 0.6) is 0 Å². The van der Waals surface area contributed by atoms with Crippen LogP contribution in [0.25, 0.3) is 0 Å². The molecule has 2 N–H and O–H groups in total. The molecule has 1 atom stereocenters. The number of halogens is 1. The van der Waals surface area contributed by atoms with E-state index >= 15 is 0 Å². The monoisotopic (exact) mass is 413 g/mol. The van der Waals surface area contributed by atoms with Crippen LogP contribution in [0.15, 0.2) is 4.99 Å². The van der Waals surface area contributed by atoms with Crippen LogP contribution < -0.4 is 10.6 Å². The fourth-order valence-electron chi connectivity index (χ4n) is 2.28.